The molecule has 0 saturated heterocycles. The summed E-state index contributed by atoms with van der Waals surface area (Å²) in [5.74, 6) is -0.411. The van der Waals surface area contributed by atoms with Gasteiger partial charge in [-0.1, -0.05) is 6.07 Å². The fourth-order valence-corrected chi connectivity index (χ4v) is 3.32. The molecule has 0 atom stereocenters. The molecule has 0 unspecified atom stereocenters. The third-order valence-corrected chi connectivity index (χ3v) is 5.35. The number of aryl methyl sites for hydroxylation is 2. The Bertz CT molecular complexity index is 942. The first-order valence-corrected chi connectivity index (χ1v) is 9.05. The number of amides is 1. The molecule has 1 aromatic carbocycles. The Labute approximate surface area is 147 Å². The van der Waals surface area contributed by atoms with E-state index in [0.717, 1.165) is 26.1 Å². The van der Waals surface area contributed by atoms with E-state index in [4.69, 9.17) is 0 Å². The van der Waals surface area contributed by atoms with Crippen LogP contribution < -0.4 is 10.9 Å². The van der Waals surface area contributed by atoms with Gasteiger partial charge in [0, 0.05) is 32.0 Å². The van der Waals surface area contributed by atoms with Crippen LogP contribution in [0.2, 0.25) is 0 Å². The van der Waals surface area contributed by atoms with Crippen LogP contribution in [-0.4, -0.2) is 37.3 Å². The van der Waals surface area contributed by atoms with Gasteiger partial charge in [-0.25, -0.2) is 12.7 Å². The molecule has 134 valence electrons. The standard InChI is InChI=1S/C17H21N3O4S/c1-12-7-13(2)9-14(8-12)18-16(21)11-20-10-15(5-6-17(20)22)25(23,24)19(3)4/h5-10H,11H2,1-4H3,(H,18,21). The molecule has 0 aliphatic rings. The van der Waals surface area contributed by atoms with Gasteiger partial charge in [-0.15, -0.1) is 0 Å². The summed E-state index contributed by atoms with van der Waals surface area (Å²) in [5.41, 5.74) is 2.19. The second-order valence-electron chi connectivity index (χ2n) is 6.04. The van der Waals surface area contributed by atoms with Gasteiger partial charge in [-0.3, -0.25) is 9.59 Å². The molecule has 7 nitrogen and oxygen atoms in total. The lowest BCUT2D eigenvalue weighted by atomic mass is 10.1. The zero-order chi connectivity index (χ0) is 18.8. The quantitative estimate of drug-likeness (QED) is 0.869. The third-order valence-electron chi connectivity index (χ3n) is 3.55. The van der Waals surface area contributed by atoms with E-state index in [0.29, 0.717) is 5.69 Å². The van der Waals surface area contributed by atoms with E-state index in [2.05, 4.69) is 5.32 Å². The molecule has 0 bridgehead atoms. The first kappa shape index (κ1) is 18.9. The molecule has 25 heavy (non-hydrogen) atoms. The average molecular weight is 363 g/mol. The molecule has 1 aromatic heterocycles. The summed E-state index contributed by atoms with van der Waals surface area (Å²) >= 11 is 0. The first-order valence-electron chi connectivity index (χ1n) is 7.61. The lowest BCUT2D eigenvalue weighted by molar-refractivity contribution is -0.116. The fourth-order valence-electron chi connectivity index (χ4n) is 2.40. The number of hydrogen-bond donors (Lipinski definition) is 1. The Balaban J connectivity index is 2.25. The van der Waals surface area contributed by atoms with E-state index in [1.54, 1.807) is 0 Å². The maximum absolute atomic E-state index is 12.2. The third kappa shape index (κ3) is 4.55. The van der Waals surface area contributed by atoms with Crippen molar-refractivity contribution < 1.29 is 13.2 Å². The molecule has 0 aliphatic heterocycles. The van der Waals surface area contributed by atoms with E-state index < -0.39 is 21.5 Å². The van der Waals surface area contributed by atoms with Gasteiger partial charge in [-0.2, -0.15) is 0 Å². The SMILES string of the molecule is Cc1cc(C)cc(NC(=O)Cn2cc(S(=O)(=O)N(C)C)ccc2=O)c1. The lowest BCUT2D eigenvalue weighted by Gasteiger charge is -2.13. The monoisotopic (exact) mass is 363 g/mol. The highest BCUT2D eigenvalue weighted by Gasteiger charge is 2.18. The van der Waals surface area contributed by atoms with Crippen molar-refractivity contribution in [3.05, 3.63) is 58.0 Å². The number of carbonyl (C=O) groups is 1. The second kappa shape index (κ2) is 7.20. The van der Waals surface area contributed by atoms with Crippen LogP contribution in [0.5, 0.6) is 0 Å². The minimum Gasteiger partial charge on any atom is -0.325 e. The topological polar surface area (TPSA) is 88.5 Å². The number of nitrogens with one attached hydrogen (secondary N) is 1. The Morgan fingerprint density at radius 3 is 2.28 bits per heavy atom. The number of carbonyl (C=O) groups excluding carboxylic acids is 1. The van der Waals surface area contributed by atoms with Gasteiger partial charge in [-0.05, 0) is 43.2 Å². The summed E-state index contributed by atoms with van der Waals surface area (Å²) in [5, 5.41) is 2.72. The predicted octanol–water partition coefficient (Wildman–Crippen LogP) is 1.35. The van der Waals surface area contributed by atoms with Crippen LogP contribution in [0, 0.1) is 13.8 Å². The largest absolute Gasteiger partial charge is 0.325 e. The van der Waals surface area contributed by atoms with Gasteiger partial charge in [0.25, 0.3) is 5.56 Å². The molecule has 0 spiro atoms. The summed E-state index contributed by atoms with van der Waals surface area (Å²) in [7, 11) is -0.879. The van der Waals surface area contributed by atoms with Crippen LogP contribution >= 0.6 is 0 Å². The van der Waals surface area contributed by atoms with Crippen LogP contribution in [0.15, 0.2) is 46.2 Å². The summed E-state index contributed by atoms with van der Waals surface area (Å²) in [6.45, 7) is 3.56. The first-order chi connectivity index (χ1) is 11.6. The summed E-state index contributed by atoms with van der Waals surface area (Å²) < 4.78 is 26.4. The van der Waals surface area contributed by atoms with Crippen molar-refractivity contribution in [1.82, 2.24) is 8.87 Å². The molecular formula is C17H21N3O4S. The van der Waals surface area contributed by atoms with E-state index >= 15 is 0 Å². The molecule has 8 heteroatoms. The number of hydrogen-bond acceptors (Lipinski definition) is 4. The Morgan fingerprint density at radius 2 is 1.72 bits per heavy atom. The van der Waals surface area contributed by atoms with Crippen molar-refractivity contribution in [3.63, 3.8) is 0 Å². The Hall–Kier alpha value is -2.45. The molecule has 2 aromatic rings. The van der Waals surface area contributed by atoms with Gasteiger partial charge in [0.2, 0.25) is 15.9 Å². The highest BCUT2D eigenvalue weighted by atomic mass is 32.2. The molecule has 2 rings (SSSR count). The van der Waals surface area contributed by atoms with Crippen LogP contribution in [-0.2, 0) is 21.4 Å². The molecule has 0 radical (unpaired) electrons. The number of rotatable bonds is 5. The normalized spacial score (nSPS) is 11.6. The van der Waals surface area contributed by atoms with Crippen molar-refractivity contribution in [2.24, 2.45) is 0 Å². The van der Waals surface area contributed by atoms with Crippen molar-refractivity contribution in [2.75, 3.05) is 19.4 Å². The van der Waals surface area contributed by atoms with Gasteiger partial charge >= 0.3 is 0 Å². The van der Waals surface area contributed by atoms with Gasteiger partial charge < -0.3 is 9.88 Å². The molecule has 0 saturated carbocycles. The molecular weight excluding hydrogens is 342 g/mol. The van der Waals surface area contributed by atoms with Crippen molar-refractivity contribution in [3.8, 4) is 0 Å². The smallest absolute Gasteiger partial charge is 0.251 e. The average Bonchev–Trinajstić information content (AvgIpc) is 2.47. The molecule has 0 fully saturated rings. The maximum Gasteiger partial charge on any atom is 0.251 e. The summed E-state index contributed by atoms with van der Waals surface area (Å²) in [6.07, 6.45) is 1.18. The van der Waals surface area contributed by atoms with E-state index in [1.165, 1.54) is 26.4 Å². The van der Waals surface area contributed by atoms with Crippen LogP contribution in [0.3, 0.4) is 0 Å². The minimum absolute atomic E-state index is 0.0451. The lowest BCUT2D eigenvalue weighted by Crippen LogP contribution is -2.29. The molecule has 1 heterocycles. The highest BCUT2D eigenvalue weighted by Crippen LogP contribution is 2.14. The fraction of sp³-hybridized carbons (Fsp3) is 0.294. The van der Waals surface area contributed by atoms with Gasteiger partial charge in [0.1, 0.15) is 6.54 Å². The zero-order valence-corrected chi connectivity index (χ0v) is 15.4. The van der Waals surface area contributed by atoms with Gasteiger partial charge in [0.05, 0.1) is 4.90 Å². The molecule has 0 aliphatic carbocycles. The van der Waals surface area contributed by atoms with E-state index in [-0.39, 0.29) is 11.4 Å². The van der Waals surface area contributed by atoms with Crippen molar-refractivity contribution >= 4 is 21.6 Å². The molecule has 1 amide bonds. The number of sulfonamides is 1. The number of pyridine rings is 1. The molecule has 1 N–H and O–H groups in total. The number of benzene rings is 1. The van der Waals surface area contributed by atoms with Crippen molar-refractivity contribution in [2.45, 2.75) is 25.3 Å². The van der Waals surface area contributed by atoms with E-state index in [9.17, 15) is 18.0 Å². The van der Waals surface area contributed by atoms with Crippen LogP contribution in [0.25, 0.3) is 0 Å². The number of anilines is 1. The van der Waals surface area contributed by atoms with E-state index in [1.807, 2.05) is 32.0 Å². The van der Waals surface area contributed by atoms with Gasteiger partial charge in [0.15, 0.2) is 0 Å². The highest BCUT2D eigenvalue weighted by molar-refractivity contribution is 7.89. The number of nitrogens with zero attached hydrogens (tertiary/aromatic N) is 2. The second-order valence-corrected chi connectivity index (χ2v) is 8.19. The number of aromatic nitrogens is 1. The van der Waals surface area contributed by atoms with Crippen molar-refractivity contribution in [1.29, 1.82) is 0 Å². The predicted molar refractivity (Wildman–Crippen MR) is 96.1 cm³/mol. The van der Waals surface area contributed by atoms with Crippen LogP contribution in [0.1, 0.15) is 11.1 Å². The Morgan fingerprint density at radius 1 is 1.12 bits per heavy atom. The Kier molecular flexibility index (Phi) is 5.44. The summed E-state index contributed by atoms with van der Waals surface area (Å²) in [4.78, 5) is 24.1. The zero-order valence-electron chi connectivity index (χ0n) is 14.6. The maximum atomic E-state index is 12.2. The van der Waals surface area contributed by atoms with Crippen LogP contribution in [0.4, 0.5) is 5.69 Å². The summed E-state index contributed by atoms with van der Waals surface area (Å²) in [6, 6.07) is 7.99. The minimum atomic E-state index is -3.68.